The summed E-state index contributed by atoms with van der Waals surface area (Å²) in [6.45, 7) is 4.05. The van der Waals surface area contributed by atoms with Crippen LogP contribution in [0.2, 0.25) is 0 Å². The summed E-state index contributed by atoms with van der Waals surface area (Å²) in [6, 6.07) is 0. The van der Waals surface area contributed by atoms with E-state index in [1.54, 1.807) is 0 Å². The highest BCUT2D eigenvalue weighted by Crippen LogP contribution is 2.29. The Morgan fingerprint density at radius 2 is 1.09 bits per heavy atom. The van der Waals surface area contributed by atoms with Crippen molar-refractivity contribution >= 4 is 11.9 Å². The van der Waals surface area contributed by atoms with Crippen LogP contribution in [0, 0.1) is 0 Å². The lowest BCUT2D eigenvalue weighted by Gasteiger charge is -2.15. The normalized spacial score (nSPS) is 16.9. The van der Waals surface area contributed by atoms with Gasteiger partial charge in [0.1, 0.15) is 6.61 Å². The zero-order valence-electron chi connectivity index (χ0n) is 29.8. The molecule has 0 saturated carbocycles. The van der Waals surface area contributed by atoms with Crippen LogP contribution >= 0.6 is 0 Å². The molecule has 0 amide bonds. The minimum Gasteiger partial charge on any atom is -0.462 e. The number of epoxide rings is 1. The van der Waals surface area contributed by atoms with Crippen LogP contribution in [0.5, 0.6) is 0 Å². The van der Waals surface area contributed by atoms with Gasteiger partial charge < -0.3 is 19.3 Å². The van der Waals surface area contributed by atoms with Crippen molar-refractivity contribution in [1.29, 1.82) is 0 Å². The van der Waals surface area contributed by atoms with Crippen LogP contribution in [-0.4, -0.2) is 48.6 Å². The molecule has 266 valence electrons. The lowest BCUT2D eigenvalue weighted by molar-refractivity contribution is -0.161. The van der Waals surface area contributed by atoms with E-state index in [1.807, 2.05) is 0 Å². The topological polar surface area (TPSA) is 85.4 Å². The molecule has 1 heterocycles. The van der Waals surface area contributed by atoms with Gasteiger partial charge in [-0.15, -0.1) is 0 Å². The SMILES string of the molecule is CCCCC/C=C\C/C=C\CC1OC1C/C=C\CCCC(=O)OC[C@H](CO)OC(=O)CCCCCCCCCCCCCCCC. The predicted octanol–water partition coefficient (Wildman–Crippen LogP) is 10.7. The standard InChI is InChI=1S/C40H70O6/c1-3-5-7-9-11-13-14-15-16-17-19-21-23-29-33-40(43)45-36(34-41)35-44-39(42)32-28-25-24-27-31-38-37(46-38)30-26-22-20-18-12-10-8-6-4-2/h12,18,22,24,26-27,36-38,41H,3-11,13-17,19-21,23,25,28-35H2,1-2H3/b18-12-,26-22-,27-24-/t36-,37?,38?/m0/s1. The lowest BCUT2D eigenvalue weighted by atomic mass is 10.0. The van der Waals surface area contributed by atoms with E-state index < -0.39 is 6.10 Å². The molecule has 0 radical (unpaired) electrons. The molecule has 0 aromatic rings. The molecule has 0 aliphatic carbocycles. The van der Waals surface area contributed by atoms with Gasteiger partial charge in [0.05, 0.1) is 18.8 Å². The Bertz CT molecular complexity index is 804. The van der Waals surface area contributed by atoms with Crippen LogP contribution < -0.4 is 0 Å². The summed E-state index contributed by atoms with van der Waals surface area (Å²) >= 11 is 0. The Morgan fingerprint density at radius 3 is 1.70 bits per heavy atom. The van der Waals surface area contributed by atoms with Gasteiger partial charge in [0.25, 0.3) is 0 Å². The molecule has 6 nitrogen and oxygen atoms in total. The van der Waals surface area contributed by atoms with Crippen molar-refractivity contribution in [3.05, 3.63) is 36.5 Å². The van der Waals surface area contributed by atoms with Crippen molar-refractivity contribution in [2.24, 2.45) is 0 Å². The number of allylic oxidation sites excluding steroid dienone is 4. The zero-order valence-corrected chi connectivity index (χ0v) is 29.8. The number of unbranched alkanes of at least 4 members (excludes halogenated alkanes) is 17. The molecule has 0 bridgehead atoms. The van der Waals surface area contributed by atoms with Gasteiger partial charge in [-0.3, -0.25) is 9.59 Å². The predicted molar refractivity (Wildman–Crippen MR) is 191 cm³/mol. The maximum atomic E-state index is 12.2. The zero-order chi connectivity index (χ0) is 33.3. The third-order valence-electron chi connectivity index (χ3n) is 8.59. The first kappa shape index (κ1) is 42.1. The fourth-order valence-corrected chi connectivity index (χ4v) is 5.53. The van der Waals surface area contributed by atoms with Gasteiger partial charge in [-0.2, -0.15) is 0 Å². The number of ether oxygens (including phenoxy) is 3. The number of esters is 2. The van der Waals surface area contributed by atoms with E-state index in [4.69, 9.17) is 14.2 Å². The molecule has 46 heavy (non-hydrogen) atoms. The molecule has 2 unspecified atom stereocenters. The van der Waals surface area contributed by atoms with Crippen molar-refractivity contribution in [3.63, 3.8) is 0 Å². The highest BCUT2D eigenvalue weighted by molar-refractivity contribution is 5.70. The van der Waals surface area contributed by atoms with E-state index in [2.05, 4.69) is 50.3 Å². The second kappa shape index (κ2) is 31.7. The molecule has 1 N–H and O–H groups in total. The highest BCUT2D eigenvalue weighted by Gasteiger charge is 2.35. The summed E-state index contributed by atoms with van der Waals surface area (Å²) in [4.78, 5) is 24.2. The van der Waals surface area contributed by atoms with E-state index in [-0.39, 0.29) is 25.2 Å². The Hall–Kier alpha value is -1.92. The largest absolute Gasteiger partial charge is 0.462 e. The molecule has 1 aliphatic heterocycles. The maximum absolute atomic E-state index is 12.2. The number of aliphatic hydroxyl groups is 1. The van der Waals surface area contributed by atoms with Gasteiger partial charge in [0.15, 0.2) is 6.10 Å². The maximum Gasteiger partial charge on any atom is 0.306 e. The van der Waals surface area contributed by atoms with Crippen molar-refractivity contribution in [1.82, 2.24) is 0 Å². The summed E-state index contributed by atoms with van der Waals surface area (Å²) in [5.41, 5.74) is 0. The summed E-state index contributed by atoms with van der Waals surface area (Å²) in [6.07, 6.45) is 40.9. The molecule has 3 atom stereocenters. The van der Waals surface area contributed by atoms with Crippen molar-refractivity contribution in [2.45, 2.75) is 193 Å². The van der Waals surface area contributed by atoms with Gasteiger partial charge in [0.2, 0.25) is 0 Å². The average Bonchev–Trinajstić information content (AvgIpc) is 3.81. The highest BCUT2D eigenvalue weighted by atomic mass is 16.6. The number of aliphatic hydroxyl groups excluding tert-OH is 1. The van der Waals surface area contributed by atoms with E-state index in [9.17, 15) is 14.7 Å². The van der Waals surface area contributed by atoms with E-state index in [0.29, 0.717) is 31.5 Å². The number of hydrogen-bond donors (Lipinski definition) is 1. The fraction of sp³-hybridized carbons (Fsp3) is 0.800. The molecule has 1 saturated heterocycles. The molecule has 0 aromatic heterocycles. The van der Waals surface area contributed by atoms with Crippen LogP contribution in [0.25, 0.3) is 0 Å². The summed E-state index contributed by atoms with van der Waals surface area (Å²) in [7, 11) is 0. The first-order chi connectivity index (χ1) is 22.6. The van der Waals surface area contributed by atoms with Gasteiger partial charge in [-0.1, -0.05) is 147 Å². The van der Waals surface area contributed by atoms with Crippen molar-refractivity contribution in [2.75, 3.05) is 13.2 Å². The molecule has 0 aromatic carbocycles. The first-order valence-electron chi connectivity index (χ1n) is 19.2. The smallest absolute Gasteiger partial charge is 0.306 e. The summed E-state index contributed by atoms with van der Waals surface area (Å²) < 4.78 is 16.3. The van der Waals surface area contributed by atoms with Crippen molar-refractivity contribution < 1.29 is 28.9 Å². The Labute approximate surface area is 282 Å². The molecule has 1 fully saturated rings. The minimum absolute atomic E-state index is 0.0975. The monoisotopic (exact) mass is 647 g/mol. The van der Waals surface area contributed by atoms with E-state index >= 15 is 0 Å². The number of rotatable bonds is 33. The van der Waals surface area contributed by atoms with Crippen LogP contribution in [0.15, 0.2) is 36.5 Å². The van der Waals surface area contributed by atoms with Crippen molar-refractivity contribution in [3.8, 4) is 0 Å². The Kier molecular flexibility index (Phi) is 29.0. The molecule has 0 spiro atoms. The Balaban J connectivity index is 1.94. The van der Waals surface area contributed by atoms with Crippen LogP contribution in [0.3, 0.4) is 0 Å². The van der Waals surface area contributed by atoms with Gasteiger partial charge in [-0.05, 0) is 51.4 Å². The number of carbonyl (C=O) groups excluding carboxylic acids is 2. The lowest BCUT2D eigenvalue weighted by Crippen LogP contribution is -2.28. The number of carbonyl (C=O) groups is 2. The summed E-state index contributed by atoms with van der Waals surface area (Å²) in [5, 5.41) is 9.54. The number of hydrogen-bond acceptors (Lipinski definition) is 6. The van der Waals surface area contributed by atoms with E-state index in [0.717, 1.165) is 44.9 Å². The van der Waals surface area contributed by atoms with Crippen LogP contribution in [0.4, 0.5) is 0 Å². The van der Waals surface area contributed by atoms with E-state index in [1.165, 1.54) is 96.3 Å². The van der Waals surface area contributed by atoms with Crippen LogP contribution in [0.1, 0.15) is 174 Å². The van der Waals surface area contributed by atoms with Gasteiger partial charge >= 0.3 is 11.9 Å². The summed E-state index contributed by atoms with van der Waals surface area (Å²) in [5.74, 6) is -0.662. The van der Waals surface area contributed by atoms with Crippen LogP contribution in [-0.2, 0) is 23.8 Å². The third kappa shape index (κ3) is 27.2. The van der Waals surface area contributed by atoms with Gasteiger partial charge in [0, 0.05) is 12.8 Å². The van der Waals surface area contributed by atoms with Gasteiger partial charge in [-0.25, -0.2) is 0 Å². The Morgan fingerprint density at radius 1 is 0.609 bits per heavy atom. The molecular weight excluding hydrogens is 576 g/mol. The molecular formula is C40H70O6. The second-order valence-electron chi connectivity index (χ2n) is 13.0. The molecule has 1 rings (SSSR count). The molecule has 1 aliphatic rings. The fourth-order valence-electron chi connectivity index (χ4n) is 5.53. The molecule has 6 heteroatoms. The third-order valence-corrected chi connectivity index (χ3v) is 8.59. The first-order valence-corrected chi connectivity index (χ1v) is 19.2. The minimum atomic E-state index is -0.795. The average molecular weight is 647 g/mol. The quantitative estimate of drug-likeness (QED) is 0.0330. The second-order valence-corrected chi connectivity index (χ2v) is 13.0.